The van der Waals surface area contributed by atoms with E-state index < -0.39 is 0 Å². The summed E-state index contributed by atoms with van der Waals surface area (Å²) in [7, 11) is 1.65. The molecule has 2 aromatic rings. The van der Waals surface area contributed by atoms with Gasteiger partial charge in [-0.3, -0.25) is 0 Å². The van der Waals surface area contributed by atoms with Crippen molar-refractivity contribution < 1.29 is 13.9 Å². The molecule has 4 heteroatoms. The van der Waals surface area contributed by atoms with E-state index in [1.807, 2.05) is 36.4 Å². The first-order valence-corrected chi connectivity index (χ1v) is 9.34. The lowest BCUT2D eigenvalue weighted by Gasteiger charge is -2.33. The van der Waals surface area contributed by atoms with E-state index >= 15 is 0 Å². The first-order chi connectivity index (χ1) is 13.2. The van der Waals surface area contributed by atoms with Gasteiger partial charge in [0.2, 0.25) is 0 Å². The van der Waals surface area contributed by atoms with E-state index in [1.54, 1.807) is 13.2 Å². The zero-order valence-electron chi connectivity index (χ0n) is 16.0. The number of fused-ring (bicyclic) bond motifs is 1. The Labute approximate surface area is 160 Å². The molecule has 0 N–H and O–H groups in total. The molecule has 0 fully saturated rings. The average molecular weight is 367 g/mol. The Morgan fingerprint density at radius 3 is 2.63 bits per heavy atom. The molecule has 0 spiro atoms. The summed E-state index contributed by atoms with van der Waals surface area (Å²) in [4.78, 5) is 2.19. The van der Waals surface area contributed by atoms with E-state index in [1.165, 1.54) is 6.07 Å². The van der Waals surface area contributed by atoms with Gasteiger partial charge in [-0.25, -0.2) is 4.39 Å². The smallest absolute Gasteiger partial charge is 0.143 e. The predicted molar refractivity (Wildman–Crippen MR) is 110 cm³/mol. The van der Waals surface area contributed by atoms with Gasteiger partial charge in [-0.2, -0.15) is 0 Å². The second kappa shape index (κ2) is 8.76. The topological polar surface area (TPSA) is 21.7 Å². The van der Waals surface area contributed by atoms with Crippen molar-refractivity contribution in [1.29, 1.82) is 0 Å². The molecule has 0 aliphatic carbocycles. The Bertz CT molecular complexity index is 827. The number of hydrogen-bond acceptors (Lipinski definition) is 3. The number of rotatable bonds is 8. The summed E-state index contributed by atoms with van der Waals surface area (Å²) in [5.41, 5.74) is 3.55. The fraction of sp³-hybridized carbons (Fsp3) is 0.304. The highest BCUT2D eigenvalue weighted by molar-refractivity contribution is 5.93. The van der Waals surface area contributed by atoms with Gasteiger partial charge >= 0.3 is 0 Å². The third kappa shape index (κ3) is 4.16. The molecule has 0 saturated heterocycles. The van der Waals surface area contributed by atoms with Crippen LogP contribution in [0.2, 0.25) is 0 Å². The molecule has 0 bridgehead atoms. The average Bonchev–Trinajstić information content (AvgIpc) is 2.71. The van der Waals surface area contributed by atoms with Crippen molar-refractivity contribution >= 4 is 17.3 Å². The van der Waals surface area contributed by atoms with Crippen LogP contribution in [0.3, 0.4) is 0 Å². The molecule has 0 radical (unpaired) electrons. The fourth-order valence-electron chi connectivity index (χ4n) is 3.28. The van der Waals surface area contributed by atoms with E-state index in [0.717, 1.165) is 47.7 Å². The Kier molecular flexibility index (Phi) is 6.17. The van der Waals surface area contributed by atoms with Crippen molar-refractivity contribution in [1.82, 2.24) is 0 Å². The third-order valence-electron chi connectivity index (χ3n) is 4.65. The molecule has 3 nitrogen and oxygen atoms in total. The largest absolute Gasteiger partial charge is 0.497 e. The molecule has 1 aliphatic rings. The summed E-state index contributed by atoms with van der Waals surface area (Å²) in [6.45, 7) is 7.96. The van der Waals surface area contributed by atoms with Crippen LogP contribution in [0.5, 0.6) is 11.5 Å². The van der Waals surface area contributed by atoms with Crippen molar-refractivity contribution in [2.45, 2.75) is 19.8 Å². The number of anilines is 1. The summed E-state index contributed by atoms with van der Waals surface area (Å²) in [5, 5.41) is 0. The molecule has 0 atom stereocenters. The van der Waals surface area contributed by atoms with Gasteiger partial charge in [0, 0.05) is 18.7 Å². The van der Waals surface area contributed by atoms with Gasteiger partial charge in [0.05, 0.1) is 19.4 Å². The van der Waals surface area contributed by atoms with Crippen LogP contribution in [0.15, 0.2) is 49.1 Å². The maximum atomic E-state index is 14.7. The molecule has 0 saturated carbocycles. The second-order valence-electron chi connectivity index (χ2n) is 6.55. The molecule has 0 aromatic heterocycles. The van der Waals surface area contributed by atoms with Crippen molar-refractivity contribution in [2.24, 2.45) is 0 Å². The van der Waals surface area contributed by atoms with Crippen LogP contribution in [0.4, 0.5) is 10.1 Å². The molecule has 1 aliphatic heterocycles. The van der Waals surface area contributed by atoms with Gasteiger partial charge < -0.3 is 14.4 Å². The first kappa shape index (κ1) is 19.0. The molecule has 0 unspecified atom stereocenters. The fourth-order valence-corrected chi connectivity index (χ4v) is 3.28. The number of hydrogen-bond donors (Lipinski definition) is 0. The number of ether oxygens (including phenoxy) is 2. The van der Waals surface area contributed by atoms with E-state index in [0.29, 0.717) is 18.7 Å². The molecule has 1 heterocycles. The van der Waals surface area contributed by atoms with E-state index in [4.69, 9.17) is 9.47 Å². The maximum absolute atomic E-state index is 14.7. The zero-order chi connectivity index (χ0) is 19.2. The van der Waals surface area contributed by atoms with E-state index in [-0.39, 0.29) is 5.82 Å². The lowest BCUT2D eigenvalue weighted by molar-refractivity contribution is 0.317. The highest BCUT2D eigenvalue weighted by Crippen LogP contribution is 2.41. The van der Waals surface area contributed by atoms with E-state index in [9.17, 15) is 4.39 Å². The number of halogens is 1. The maximum Gasteiger partial charge on any atom is 0.143 e. The molecule has 3 rings (SSSR count). The van der Waals surface area contributed by atoms with Crippen LogP contribution >= 0.6 is 0 Å². The number of methoxy groups -OCH3 is 1. The minimum absolute atomic E-state index is 0.233. The molecular weight excluding hydrogens is 341 g/mol. The van der Waals surface area contributed by atoms with Crippen LogP contribution in [-0.4, -0.2) is 26.8 Å². The first-order valence-electron chi connectivity index (χ1n) is 9.34. The quantitative estimate of drug-likeness (QED) is 0.570. The van der Waals surface area contributed by atoms with Gasteiger partial charge in [-0.1, -0.05) is 25.1 Å². The van der Waals surface area contributed by atoms with Crippen molar-refractivity contribution in [3.8, 4) is 11.5 Å². The van der Waals surface area contributed by atoms with Gasteiger partial charge in [-0.05, 0) is 54.3 Å². The van der Waals surface area contributed by atoms with E-state index in [2.05, 4.69) is 18.4 Å². The third-order valence-corrected chi connectivity index (χ3v) is 4.65. The molecule has 0 amide bonds. The molecule has 27 heavy (non-hydrogen) atoms. The Morgan fingerprint density at radius 1 is 1.19 bits per heavy atom. The van der Waals surface area contributed by atoms with Gasteiger partial charge in [0.25, 0.3) is 0 Å². The predicted octanol–water partition coefficient (Wildman–Crippen LogP) is 5.56. The Balaban J connectivity index is 2.05. The van der Waals surface area contributed by atoms with Crippen LogP contribution in [0.25, 0.3) is 11.6 Å². The second-order valence-corrected chi connectivity index (χ2v) is 6.55. The van der Waals surface area contributed by atoms with Gasteiger partial charge in [-0.15, -0.1) is 6.58 Å². The van der Waals surface area contributed by atoms with Gasteiger partial charge in [0.15, 0.2) is 0 Å². The standard InChI is InChI=1S/C23H26FNO2/c1-4-6-13-25-16-18(17-7-9-19(26-3)10-8-17)15-20-21(24)11-12-22(23(20)25)27-14-5-2/h4,7-12,15H,1,5-6,13-14,16H2,2-3H3. The Hall–Kier alpha value is -2.75. The van der Waals surface area contributed by atoms with Crippen LogP contribution < -0.4 is 14.4 Å². The lowest BCUT2D eigenvalue weighted by Crippen LogP contribution is -2.30. The van der Waals surface area contributed by atoms with Crippen LogP contribution in [-0.2, 0) is 0 Å². The minimum Gasteiger partial charge on any atom is -0.497 e. The zero-order valence-corrected chi connectivity index (χ0v) is 16.0. The van der Waals surface area contributed by atoms with Crippen molar-refractivity contribution in [3.63, 3.8) is 0 Å². The normalized spacial score (nSPS) is 13.0. The number of benzene rings is 2. The summed E-state index contributed by atoms with van der Waals surface area (Å²) >= 11 is 0. The highest BCUT2D eigenvalue weighted by Gasteiger charge is 2.25. The monoisotopic (exact) mass is 367 g/mol. The summed E-state index contributed by atoms with van der Waals surface area (Å²) < 4.78 is 25.9. The highest BCUT2D eigenvalue weighted by atomic mass is 19.1. The van der Waals surface area contributed by atoms with Crippen molar-refractivity contribution in [3.05, 3.63) is 66.0 Å². The Morgan fingerprint density at radius 2 is 1.96 bits per heavy atom. The molecule has 142 valence electrons. The number of nitrogens with zero attached hydrogens (tertiary/aromatic N) is 1. The lowest BCUT2D eigenvalue weighted by atomic mass is 9.96. The SMILES string of the molecule is C=CCCN1CC(c2ccc(OC)cc2)=Cc2c(F)ccc(OCCC)c21. The van der Waals surface area contributed by atoms with Crippen LogP contribution in [0, 0.1) is 5.82 Å². The van der Waals surface area contributed by atoms with Crippen molar-refractivity contribution in [2.75, 3.05) is 31.7 Å². The molecular formula is C23H26FNO2. The van der Waals surface area contributed by atoms with Gasteiger partial charge in [0.1, 0.15) is 17.3 Å². The summed E-state index contributed by atoms with van der Waals surface area (Å²) in [5.74, 6) is 1.31. The summed E-state index contributed by atoms with van der Waals surface area (Å²) in [6.07, 6.45) is 5.55. The minimum atomic E-state index is -0.233. The van der Waals surface area contributed by atoms with Crippen LogP contribution in [0.1, 0.15) is 30.9 Å². The molecule has 2 aromatic carbocycles. The summed E-state index contributed by atoms with van der Waals surface area (Å²) in [6, 6.07) is 11.1.